The second kappa shape index (κ2) is 9.21. The number of halogens is 1. The van der Waals surface area contributed by atoms with Gasteiger partial charge in [-0.05, 0) is 36.2 Å². The molecule has 0 N–H and O–H groups in total. The Labute approximate surface area is 187 Å². The maximum absolute atomic E-state index is 13.3. The standard InChI is InChI=1S/C22H20ClNO5S2/c1-17(25)21-13-12-20(14-22(21)23)24(30(26,27)15-18-8-4-2-5-9-18)31(28,29)16-19-10-6-3-7-11-19/h2-14H,15-16H2,1H3. The van der Waals surface area contributed by atoms with E-state index in [2.05, 4.69) is 0 Å². The Morgan fingerprint density at radius 1 is 0.774 bits per heavy atom. The lowest BCUT2D eigenvalue weighted by atomic mass is 10.1. The van der Waals surface area contributed by atoms with Crippen LogP contribution in [0.3, 0.4) is 0 Å². The van der Waals surface area contributed by atoms with Crippen LogP contribution >= 0.6 is 11.6 Å². The maximum atomic E-state index is 13.3. The van der Waals surface area contributed by atoms with Crippen LogP contribution in [0.25, 0.3) is 0 Å². The Bertz CT molecular complexity index is 1220. The zero-order valence-corrected chi connectivity index (χ0v) is 19.0. The van der Waals surface area contributed by atoms with E-state index in [1.165, 1.54) is 25.1 Å². The van der Waals surface area contributed by atoms with Crippen molar-refractivity contribution in [3.63, 3.8) is 0 Å². The Morgan fingerprint density at radius 2 is 1.23 bits per heavy atom. The number of carbonyl (C=O) groups excluding carboxylic acids is 1. The maximum Gasteiger partial charge on any atom is 0.252 e. The van der Waals surface area contributed by atoms with E-state index < -0.39 is 31.6 Å². The summed E-state index contributed by atoms with van der Waals surface area (Å²) in [4.78, 5) is 11.7. The Morgan fingerprint density at radius 3 is 1.61 bits per heavy atom. The van der Waals surface area contributed by atoms with Crippen molar-refractivity contribution >= 4 is 43.1 Å². The lowest BCUT2D eigenvalue weighted by molar-refractivity contribution is 0.101. The minimum Gasteiger partial charge on any atom is -0.294 e. The van der Waals surface area contributed by atoms with Gasteiger partial charge in [0, 0.05) is 5.56 Å². The monoisotopic (exact) mass is 477 g/mol. The van der Waals surface area contributed by atoms with Crippen LogP contribution in [-0.2, 0) is 31.6 Å². The van der Waals surface area contributed by atoms with Gasteiger partial charge in [0.05, 0.1) is 22.2 Å². The van der Waals surface area contributed by atoms with Crippen molar-refractivity contribution in [3.8, 4) is 0 Å². The van der Waals surface area contributed by atoms with Gasteiger partial charge in [0.15, 0.2) is 5.78 Å². The number of benzene rings is 3. The van der Waals surface area contributed by atoms with Crippen molar-refractivity contribution in [2.45, 2.75) is 18.4 Å². The lowest BCUT2D eigenvalue weighted by Crippen LogP contribution is -2.38. The van der Waals surface area contributed by atoms with Crippen molar-refractivity contribution < 1.29 is 21.6 Å². The number of nitrogens with zero attached hydrogens (tertiary/aromatic N) is 1. The second-order valence-corrected chi connectivity index (χ2v) is 11.2. The van der Waals surface area contributed by atoms with E-state index in [9.17, 15) is 21.6 Å². The summed E-state index contributed by atoms with van der Waals surface area (Å²) >= 11 is 6.15. The third kappa shape index (κ3) is 5.52. The van der Waals surface area contributed by atoms with Crippen molar-refractivity contribution in [1.29, 1.82) is 0 Å². The van der Waals surface area contributed by atoms with Gasteiger partial charge < -0.3 is 0 Å². The molecule has 3 aromatic carbocycles. The number of sulfonamides is 2. The fourth-order valence-corrected chi connectivity index (χ4v) is 7.42. The number of rotatable bonds is 8. The zero-order chi connectivity index (χ0) is 22.6. The van der Waals surface area contributed by atoms with Crippen LogP contribution in [0.2, 0.25) is 5.02 Å². The summed E-state index contributed by atoms with van der Waals surface area (Å²) in [7, 11) is -8.71. The van der Waals surface area contributed by atoms with Crippen LogP contribution in [0.15, 0.2) is 78.9 Å². The Hall–Kier alpha value is -2.68. The molecule has 0 amide bonds. The summed E-state index contributed by atoms with van der Waals surface area (Å²) in [6.45, 7) is 1.32. The first-order chi connectivity index (χ1) is 14.6. The second-order valence-electron chi connectivity index (χ2n) is 6.90. The molecule has 0 aliphatic heterocycles. The van der Waals surface area contributed by atoms with Gasteiger partial charge in [-0.2, -0.15) is 3.71 Å². The molecular formula is C22H20ClNO5S2. The van der Waals surface area contributed by atoms with Crippen molar-refractivity contribution in [2.75, 3.05) is 3.71 Å². The van der Waals surface area contributed by atoms with Gasteiger partial charge in [-0.15, -0.1) is 0 Å². The average Bonchev–Trinajstić information content (AvgIpc) is 2.68. The van der Waals surface area contributed by atoms with E-state index in [0.29, 0.717) is 14.8 Å². The van der Waals surface area contributed by atoms with Crippen molar-refractivity contribution in [2.24, 2.45) is 0 Å². The molecule has 0 radical (unpaired) electrons. The molecule has 0 bridgehead atoms. The highest BCUT2D eigenvalue weighted by Gasteiger charge is 2.35. The summed E-state index contributed by atoms with van der Waals surface area (Å²) in [5.41, 5.74) is 0.899. The molecule has 0 heterocycles. The molecule has 162 valence electrons. The SMILES string of the molecule is CC(=O)c1ccc(N(S(=O)(=O)Cc2ccccc2)S(=O)(=O)Cc2ccccc2)cc1Cl. The normalized spacial score (nSPS) is 11.8. The number of Topliss-reactive ketones (excluding diaryl/α,β-unsaturated/α-hetero) is 1. The van der Waals surface area contributed by atoms with E-state index in [1.54, 1.807) is 60.7 Å². The molecule has 9 heteroatoms. The molecule has 0 fully saturated rings. The van der Waals surface area contributed by atoms with Crippen LogP contribution in [0.4, 0.5) is 5.69 Å². The molecule has 0 aromatic heterocycles. The first-order valence-corrected chi connectivity index (χ1v) is 12.8. The number of anilines is 1. The highest BCUT2D eigenvalue weighted by molar-refractivity contribution is 8.09. The summed E-state index contributed by atoms with van der Waals surface area (Å²) in [5.74, 6) is -1.36. The molecule has 3 rings (SSSR count). The zero-order valence-electron chi connectivity index (χ0n) is 16.6. The van der Waals surface area contributed by atoms with E-state index in [4.69, 9.17) is 11.6 Å². The van der Waals surface area contributed by atoms with Gasteiger partial charge in [0.1, 0.15) is 0 Å². The predicted molar refractivity (Wildman–Crippen MR) is 122 cm³/mol. The fraction of sp³-hybridized carbons (Fsp3) is 0.136. The van der Waals surface area contributed by atoms with Gasteiger partial charge in [-0.25, -0.2) is 16.8 Å². The van der Waals surface area contributed by atoms with Crippen LogP contribution in [-0.4, -0.2) is 22.6 Å². The predicted octanol–water partition coefficient (Wildman–Crippen LogP) is 4.41. The Kier molecular flexibility index (Phi) is 6.83. The molecule has 3 aromatic rings. The van der Waals surface area contributed by atoms with Crippen LogP contribution in [0.1, 0.15) is 28.4 Å². The summed E-state index contributed by atoms with van der Waals surface area (Å²) < 4.78 is 53.6. The first kappa shape index (κ1) is 23.0. The van der Waals surface area contributed by atoms with Crippen molar-refractivity contribution in [3.05, 3.63) is 101 Å². The molecule has 0 aliphatic carbocycles. The van der Waals surface area contributed by atoms with Gasteiger partial charge in [-0.3, -0.25) is 4.79 Å². The number of carbonyl (C=O) groups is 1. The molecule has 31 heavy (non-hydrogen) atoms. The van der Waals surface area contributed by atoms with E-state index in [1.807, 2.05) is 0 Å². The average molecular weight is 478 g/mol. The minimum atomic E-state index is -4.35. The third-order valence-electron chi connectivity index (χ3n) is 4.43. The van der Waals surface area contributed by atoms with E-state index in [-0.39, 0.29) is 22.1 Å². The quantitative estimate of drug-likeness (QED) is 0.448. The molecule has 0 saturated heterocycles. The molecule has 0 spiro atoms. The number of hydrogen-bond donors (Lipinski definition) is 0. The van der Waals surface area contributed by atoms with Gasteiger partial charge in [0.25, 0.3) is 20.0 Å². The van der Waals surface area contributed by atoms with Gasteiger partial charge in [0.2, 0.25) is 0 Å². The highest BCUT2D eigenvalue weighted by atomic mass is 35.5. The first-order valence-electron chi connectivity index (χ1n) is 9.24. The fourth-order valence-electron chi connectivity index (χ4n) is 3.08. The van der Waals surface area contributed by atoms with Crippen LogP contribution < -0.4 is 3.71 Å². The topological polar surface area (TPSA) is 88.6 Å². The Balaban J connectivity index is 2.11. The molecule has 0 aliphatic rings. The summed E-state index contributed by atoms with van der Waals surface area (Å²) in [6.07, 6.45) is 0. The molecular weight excluding hydrogens is 458 g/mol. The van der Waals surface area contributed by atoms with Gasteiger partial charge >= 0.3 is 0 Å². The smallest absolute Gasteiger partial charge is 0.252 e. The summed E-state index contributed by atoms with van der Waals surface area (Å²) in [5, 5.41) is -0.0279. The number of hydrogen-bond acceptors (Lipinski definition) is 5. The van der Waals surface area contributed by atoms with E-state index in [0.717, 1.165) is 0 Å². The van der Waals surface area contributed by atoms with Gasteiger partial charge in [-0.1, -0.05) is 72.3 Å². The minimum absolute atomic E-state index is 0.0279. The molecule has 6 nitrogen and oxygen atoms in total. The molecule has 0 unspecified atom stereocenters. The van der Waals surface area contributed by atoms with Crippen molar-refractivity contribution in [1.82, 2.24) is 0 Å². The highest BCUT2D eigenvalue weighted by Crippen LogP contribution is 2.31. The molecule has 0 atom stereocenters. The van der Waals surface area contributed by atoms with Crippen LogP contribution in [0, 0.1) is 0 Å². The van der Waals surface area contributed by atoms with Crippen LogP contribution in [0.5, 0.6) is 0 Å². The summed E-state index contributed by atoms with van der Waals surface area (Å²) in [6, 6.07) is 20.4. The lowest BCUT2D eigenvalue weighted by Gasteiger charge is -2.24. The molecule has 0 saturated carbocycles. The number of ketones is 1. The largest absolute Gasteiger partial charge is 0.294 e. The third-order valence-corrected chi connectivity index (χ3v) is 8.94. The van der Waals surface area contributed by atoms with E-state index >= 15 is 0 Å².